The summed E-state index contributed by atoms with van der Waals surface area (Å²) in [5.74, 6) is 1.14. The summed E-state index contributed by atoms with van der Waals surface area (Å²) < 4.78 is 0.927. The SMILES string of the molecule is C#CCN(CC(=O)O)C(=O)Nc1ccc(Br)c(C)c1. The molecule has 0 aromatic heterocycles. The summed E-state index contributed by atoms with van der Waals surface area (Å²) in [7, 11) is 0. The first-order chi connectivity index (χ1) is 8.93. The molecule has 0 aliphatic rings. The van der Waals surface area contributed by atoms with Gasteiger partial charge in [0, 0.05) is 10.2 Å². The van der Waals surface area contributed by atoms with Crippen LogP contribution in [0.2, 0.25) is 0 Å². The van der Waals surface area contributed by atoms with E-state index in [1.54, 1.807) is 18.2 Å². The first kappa shape index (κ1) is 15.1. The number of amides is 2. The summed E-state index contributed by atoms with van der Waals surface area (Å²) >= 11 is 3.35. The molecule has 0 spiro atoms. The minimum Gasteiger partial charge on any atom is -0.480 e. The zero-order chi connectivity index (χ0) is 14.4. The summed E-state index contributed by atoms with van der Waals surface area (Å²) in [5.41, 5.74) is 1.54. The number of carbonyl (C=O) groups excluding carboxylic acids is 1. The molecule has 1 aromatic carbocycles. The fraction of sp³-hybridized carbons (Fsp3) is 0.231. The van der Waals surface area contributed by atoms with E-state index in [0.717, 1.165) is 14.9 Å². The van der Waals surface area contributed by atoms with E-state index in [0.29, 0.717) is 5.69 Å². The van der Waals surface area contributed by atoms with Crippen molar-refractivity contribution < 1.29 is 14.7 Å². The van der Waals surface area contributed by atoms with Crippen LogP contribution in [0.15, 0.2) is 22.7 Å². The van der Waals surface area contributed by atoms with Crippen molar-refractivity contribution in [2.45, 2.75) is 6.92 Å². The Balaban J connectivity index is 2.78. The fourth-order valence-corrected chi connectivity index (χ4v) is 1.64. The zero-order valence-electron chi connectivity index (χ0n) is 10.3. The van der Waals surface area contributed by atoms with Gasteiger partial charge in [0.1, 0.15) is 6.54 Å². The summed E-state index contributed by atoms with van der Waals surface area (Å²) in [6.07, 6.45) is 5.11. The summed E-state index contributed by atoms with van der Waals surface area (Å²) in [5, 5.41) is 11.3. The van der Waals surface area contributed by atoms with Gasteiger partial charge < -0.3 is 15.3 Å². The van der Waals surface area contributed by atoms with Crippen LogP contribution in [0.25, 0.3) is 0 Å². The number of benzene rings is 1. The van der Waals surface area contributed by atoms with E-state index in [-0.39, 0.29) is 6.54 Å². The van der Waals surface area contributed by atoms with Crippen LogP contribution in [0.3, 0.4) is 0 Å². The highest BCUT2D eigenvalue weighted by atomic mass is 79.9. The van der Waals surface area contributed by atoms with Gasteiger partial charge in [0.25, 0.3) is 0 Å². The third-order valence-corrected chi connectivity index (χ3v) is 3.19. The number of halogens is 1. The Morgan fingerprint density at radius 2 is 2.21 bits per heavy atom. The first-order valence-electron chi connectivity index (χ1n) is 5.41. The Bertz CT molecular complexity index is 537. The van der Waals surface area contributed by atoms with Gasteiger partial charge in [-0.25, -0.2) is 4.79 Å². The van der Waals surface area contributed by atoms with Gasteiger partial charge in [-0.05, 0) is 30.7 Å². The summed E-state index contributed by atoms with van der Waals surface area (Å²) in [6.45, 7) is 1.38. The zero-order valence-corrected chi connectivity index (χ0v) is 11.9. The normalized spacial score (nSPS) is 9.53. The third kappa shape index (κ3) is 4.64. The second kappa shape index (κ2) is 6.81. The molecular formula is C13H13BrN2O3. The van der Waals surface area contributed by atoms with Crippen LogP contribution in [0, 0.1) is 19.3 Å². The monoisotopic (exact) mass is 324 g/mol. The molecule has 0 heterocycles. The Kier molecular flexibility index (Phi) is 5.39. The lowest BCUT2D eigenvalue weighted by atomic mass is 10.2. The van der Waals surface area contributed by atoms with Crippen LogP contribution in [0.1, 0.15) is 5.56 Å². The highest BCUT2D eigenvalue weighted by molar-refractivity contribution is 9.10. The molecule has 0 fully saturated rings. The molecule has 19 heavy (non-hydrogen) atoms. The minimum absolute atomic E-state index is 0.0619. The number of nitrogens with zero attached hydrogens (tertiary/aromatic N) is 1. The Labute approximate surface area is 119 Å². The van der Waals surface area contributed by atoms with Crippen LogP contribution in [0.5, 0.6) is 0 Å². The van der Waals surface area contributed by atoms with E-state index in [2.05, 4.69) is 27.2 Å². The second-order valence-corrected chi connectivity index (χ2v) is 4.70. The molecule has 5 nitrogen and oxygen atoms in total. The molecule has 0 bridgehead atoms. The highest BCUT2D eigenvalue weighted by Crippen LogP contribution is 2.20. The molecule has 0 radical (unpaired) electrons. The van der Waals surface area contributed by atoms with Crippen molar-refractivity contribution in [3.63, 3.8) is 0 Å². The van der Waals surface area contributed by atoms with E-state index in [4.69, 9.17) is 11.5 Å². The summed E-state index contributed by atoms with van der Waals surface area (Å²) in [4.78, 5) is 23.6. The molecule has 0 saturated heterocycles. The van der Waals surface area contributed by atoms with E-state index in [9.17, 15) is 9.59 Å². The lowest BCUT2D eigenvalue weighted by Crippen LogP contribution is -2.39. The largest absolute Gasteiger partial charge is 0.480 e. The van der Waals surface area contributed by atoms with E-state index >= 15 is 0 Å². The van der Waals surface area contributed by atoms with Crippen molar-refractivity contribution in [3.05, 3.63) is 28.2 Å². The van der Waals surface area contributed by atoms with Crippen molar-refractivity contribution in [3.8, 4) is 12.3 Å². The second-order valence-electron chi connectivity index (χ2n) is 3.85. The number of rotatable bonds is 4. The van der Waals surface area contributed by atoms with Gasteiger partial charge in [-0.2, -0.15) is 0 Å². The molecule has 0 saturated carbocycles. The number of hydrogen-bond donors (Lipinski definition) is 2. The van der Waals surface area contributed by atoms with Crippen LogP contribution in [-0.4, -0.2) is 35.1 Å². The topological polar surface area (TPSA) is 69.6 Å². The number of aliphatic carboxylic acids is 1. The van der Waals surface area contributed by atoms with Gasteiger partial charge in [0.2, 0.25) is 0 Å². The third-order valence-electron chi connectivity index (χ3n) is 2.30. The molecular weight excluding hydrogens is 312 g/mol. The number of anilines is 1. The van der Waals surface area contributed by atoms with Crippen LogP contribution < -0.4 is 5.32 Å². The van der Waals surface area contributed by atoms with Crippen molar-refractivity contribution in [2.75, 3.05) is 18.4 Å². The van der Waals surface area contributed by atoms with E-state index in [1.165, 1.54) is 0 Å². The maximum absolute atomic E-state index is 11.9. The highest BCUT2D eigenvalue weighted by Gasteiger charge is 2.15. The quantitative estimate of drug-likeness (QED) is 0.835. The van der Waals surface area contributed by atoms with Crippen LogP contribution in [0.4, 0.5) is 10.5 Å². The van der Waals surface area contributed by atoms with Gasteiger partial charge in [0.05, 0.1) is 6.54 Å². The Hall–Kier alpha value is -2.00. The first-order valence-corrected chi connectivity index (χ1v) is 6.20. The molecule has 0 aliphatic carbocycles. The van der Waals surface area contributed by atoms with E-state index in [1.807, 2.05) is 6.92 Å². The number of hydrogen-bond acceptors (Lipinski definition) is 2. The number of terminal acetylenes is 1. The molecule has 2 amide bonds. The maximum Gasteiger partial charge on any atom is 0.323 e. The van der Waals surface area contributed by atoms with E-state index < -0.39 is 18.5 Å². The van der Waals surface area contributed by atoms with Crippen molar-refractivity contribution in [1.82, 2.24) is 4.90 Å². The van der Waals surface area contributed by atoms with Crippen LogP contribution >= 0.6 is 15.9 Å². The molecule has 1 aromatic rings. The number of nitrogens with one attached hydrogen (secondary N) is 1. The summed E-state index contributed by atoms with van der Waals surface area (Å²) in [6, 6.07) is 4.75. The van der Waals surface area contributed by atoms with Crippen LogP contribution in [-0.2, 0) is 4.79 Å². The lowest BCUT2D eigenvalue weighted by Gasteiger charge is -2.18. The number of carboxylic acids is 1. The molecule has 2 N–H and O–H groups in total. The standard InChI is InChI=1S/C13H13BrN2O3/c1-3-6-16(8-12(17)18)13(19)15-10-4-5-11(14)9(2)7-10/h1,4-5,7H,6,8H2,2H3,(H,15,19)(H,17,18). The van der Waals surface area contributed by atoms with Crippen molar-refractivity contribution >= 4 is 33.6 Å². The number of carboxylic acid groups (broad SMARTS) is 1. The smallest absolute Gasteiger partial charge is 0.323 e. The predicted octanol–water partition coefficient (Wildman–Crippen LogP) is 2.31. The average Bonchev–Trinajstić information content (AvgIpc) is 2.33. The number of aryl methyl sites for hydroxylation is 1. The van der Waals surface area contributed by atoms with Gasteiger partial charge in [-0.3, -0.25) is 4.79 Å². The van der Waals surface area contributed by atoms with Gasteiger partial charge in [0.15, 0.2) is 0 Å². The number of carbonyl (C=O) groups is 2. The molecule has 0 atom stereocenters. The molecule has 0 aliphatic heterocycles. The van der Waals surface area contributed by atoms with Gasteiger partial charge >= 0.3 is 12.0 Å². The fourth-order valence-electron chi connectivity index (χ4n) is 1.40. The van der Waals surface area contributed by atoms with Crippen molar-refractivity contribution in [2.24, 2.45) is 0 Å². The molecule has 6 heteroatoms. The molecule has 100 valence electrons. The van der Waals surface area contributed by atoms with Gasteiger partial charge in [-0.15, -0.1) is 6.42 Å². The van der Waals surface area contributed by atoms with Crippen molar-refractivity contribution in [1.29, 1.82) is 0 Å². The Morgan fingerprint density at radius 1 is 1.53 bits per heavy atom. The predicted molar refractivity (Wildman–Crippen MR) is 75.9 cm³/mol. The Morgan fingerprint density at radius 3 is 2.74 bits per heavy atom. The number of urea groups is 1. The minimum atomic E-state index is -1.11. The van der Waals surface area contributed by atoms with Gasteiger partial charge in [-0.1, -0.05) is 21.9 Å². The maximum atomic E-state index is 11.9. The lowest BCUT2D eigenvalue weighted by molar-refractivity contribution is -0.137. The molecule has 1 rings (SSSR count). The molecule has 0 unspecified atom stereocenters. The average molecular weight is 325 g/mol.